The van der Waals surface area contributed by atoms with Crippen molar-refractivity contribution < 1.29 is 31.5 Å². The Bertz CT molecular complexity index is 825. The molecule has 0 aliphatic carbocycles. The van der Waals surface area contributed by atoms with E-state index in [4.69, 9.17) is 0 Å². The van der Waals surface area contributed by atoms with Crippen LogP contribution in [0.3, 0.4) is 0 Å². The fraction of sp³-hybridized carbons (Fsp3) is 0.471. The van der Waals surface area contributed by atoms with Gasteiger partial charge < -0.3 is 10.6 Å². The van der Waals surface area contributed by atoms with Crippen LogP contribution in [0, 0.1) is 29.1 Å². The number of fused-ring (bicyclic) bond motifs is 1. The first-order valence-corrected chi connectivity index (χ1v) is 9.86. The van der Waals surface area contributed by atoms with Crippen molar-refractivity contribution >= 4 is 29.9 Å². The van der Waals surface area contributed by atoms with Gasteiger partial charge in [-0.2, -0.15) is 16.9 Å². The number of nitrogens with zero attached hydrogens (tertiary/aromatic N) is 1. The third-order valence-corrected chi connectivity index (χ3v) is 6.22. The van der Waals surface area contributed by atoms with Crippen LogP contribution in [0.25, 0.3) is 0 Å². The molecule has 2 aliphatic rings. The molecule has 3 atom stereocenters. The van der Waals surface area contributed by atoms with E-state index in [-0.39, 0.29) is 29.8 Å². The predicted octanol–water partition coefficient (Wildman–Crippen LogP) is 2.56. The molecule has 0 radical (unpaired) electrons. The van der Waals surface area contributed by atoms with Crippen molar-refractivity contribution in [2.75, 3.05) is 5.75 Å². The zero-order chi connectivity index (χ0) is 21.1. The number of unbranched alkanes of at least 4 members (excludes halogenated alkanes) is 1. The standard InChI is InChI=1S/C17H17F5N4O2S/c18-11-7(12(19)14(21)15(22)13(11)20)5-23-26-10(27)4-2-1-3-9-16-8(6-29-9)24-17(28)25-16/h5,8-9,16H,1-4,6H2,(H,26,27)(H2,24,25,28)/t8-,9+,16-/m1/s1. The highest BCUT2D eigenvalue weighted by atomic mass is 32.2. The number of rotatable bonds is 7. The number of urea groups is 1. The Balaban J connectivity index is 1.42. The van der Waals surface area contributed by atoms with Gasteiger partial charge in [-0.15, -0.1) is 0 Å². The summed E-state index contributed by atoms with van der Waals surface area (Å²) < 4.78 is 66.1. The minimum absolute atomic E-state index is 0.0739. The molecule has 12 heteroatoms. The Morgan fingerprint density at radius 2 is 1.72 bits per heavy atom. The van der Waals surface area contributed by atoms with Crippen LogP contribution in [0.15, 0.2) is 5.10 Å². The van der Waals surface area contributed by atoms with E-state index in [0.29, 0.717) is 19.1 Å². The summed E-state index contributed by atoms with van der Waals surface area (Å²) in [4.78, 5) is 23.0. The molecule has 3 N–H and O–H groups in total. The molecular weight excluding hydrogens is 419 g/mol. The average molecular weight is 436 g/mol. The van der Waals surface area contributed by atoms with Gasteiger partial charge >= 0.3 is 6.03 Å². The van der Waals surface area contributed by atoms with Crippen LogP contribution < -0.4 is 16.1 Å². The Labute approximate surface area is 166 Å². The van der Waals surface area contributed by atoms with E-state index < -0.39 is 40.6 Å². The first-order chi connectivity index (χ1) is 13.8. The summed E-state index contributed by atoms with van der Waals surface area (Å²) >= 11 is 1.75. The predicted molar refractivity (Wildman–Crippen MR) is 95.9 cm³/mol. The van der Waals surface area contributed by atoms with E-state index in [0.717, 1.165) is 12.2 Å². The molecular formula is C17H17F5N4O2S. The molecule has 158 valence electrons. The summed E-state index contributed by atoms with van der Waals surface area (Å²) in [5.41, 5.74) is 0.762. The summed E-state index contributed by atoms with van der Waals surface area (Å²) in [6.07, 6.45) is 2.48. The van der Waals surface area contributed by atoms with Crippen LogP contribution in [0.4, 0.5) is 26.7 Å². The number of hydrazone groups is 1. The largest absolute Gasteiger partial charge is 0.332 e. The molecule has 0 spiro atoms. The van der Waals surface area contributed by atoms with Crippen LogP contribution in [0.2, 0.25) is 0 Å². The molecule has 2 fully saturated rings. The molecule has 0 unspecified atom stereocenters. The molecule has 0 aromatic heterocycles. The van der Waals surface area contributed by atoms with Gasteiger partial charge in [0.25, 0.3) is 0 Å². The first-order valence-electron chi connectivity index (χ1n) is 8.81. The highest BCUT2D eigenvalue weighted by Crippen LogP contribution is 2.33. The summed E-state index contributed by atoms with van der Waals surface area (Å²) in [5.74, 6) is -10.2. The Kier molecular flexibility index (Phi) is 6.60. The molecule has 3 amide bonds. The summed E-state index contributed by atoms with van der Waals surface area (Å²) in [6.45, 7) is 0. The van der Waals surface area contributed by atoms with Crippen LogP contribution >= 0.6 is 11.8 Å². The SMILES string of the molecule is O=C(CCCC[C@@H]1SC[C@H]2NC(=O)N[C@@H]12)NN=Cc1c(F)c(F)c(F)c(F)c1F. The van der Waals surface area contributed by atoms with Gasteiger partial charge in [0.05, 0.1) is 23.9 Å². The van der Waals surface area contributed by atoms with E-state index in [1.165, 1.54) is 0 Å². The third-order valence-electron chi connectivity index (χ3n) is 4.71. The number of nitrogens with one attached hydrogen (secondary N) is 3. The highest BCUT2D eigenvalue weighted by molar-refractivity contribution is 8.00. The second-order valence-corrected chi connectivity index (χ2v) is 7.92. The fourth-order valence-electron chi connectivity index (χ4n) is 3.23. The number of amides is 3. The number of carbonyl (C=O) groups is 2. The quantitative estimate of drug-likeness (QED) is 0.117. The molecule has 2 heterocycles. The number of carbonyl (C=O) groups excluding carboxylic acids is 2. The molecule has 3 rings (SSSR count). The van der Waals surface area contributed by atoms with E-state index in [1.807, 2.05) is 5.43 Å². The van der Waals surface area contributed by atoms with Crippen LogP contribution in [-0.4, -0.2) is 41.2 Å². The monoisotopic (exact) mass is 436 g/mol. The maximum absolute atomic E-state index is 13.5. The normalized spacial score (nSPS) is 23.2. The van der Waals surface area contributed by atoms with Crippen molar-refractivity contribution in [2.45, 2.75) is 43.0 Å². The average Bonchev–Trinajstić information content (AvgIpc) is 3.24. The first kappa shape index (κ1) is 21.3. The molecule has 29 heavy (non-hydrogen) atoms. The number of hydrogen-bond acceptors (Lipinski definition) is 4. The van der Waals surface area contributed by atoms with Crippen molar-refractivity contribution in [3.63, 3.8) is 0 Å². The van der Waals surface area contributed by atoms with Crippen LogP contribution in [0.1, 0.15) is 31.2 Å². The van der Waals surface area contributed by atoms with Crippen molar-refractivity contribution in [2.24, 2.45) is 5.10 Å². The minimum atomic E-state index is -2.26. The van der Waals surface area contributed by atoms with E-state index in [9.17, 15) is 31.5 Å². The van der Waals surface area contributed by atoms with Gasteiger partial charge in [-0.1, -0.05) is 6.42 Å². The van der Waals surface area contributed by atoms with Crippen LogP contribution in [0.5, 0.6) is 0 Å². The third kappa shape index (κ3) is 4.62. The summed E-state index contributed by atoms with van der Waals surface area (Å²) in [5, 5.41) is 9.23. The van der Waals surface area contributed by atoms with Gasteiger partial charge in [-0.05, 0) is 12.8 Å². The second kappa shape index (κ2) is 8.97. The highest BCUT2D eigenvalue weighted by Gasteiger charge is 2.42. The van der Waals surface area contributed by atoms with E-state index >= 15 is 0 Å². The molecule has 2 saturated heterocycles. The zero-order valence-electron chi connectivity index (χ0n) is 14.9. The number of hydrogen-bond donors (Lipinski definition) is 3. The second-order valence-electron chi connectivity index (χ2n) is 6.64. The minimum Gasteiger partial charge on any atom is -0.332 e. The number of halogens is 5. The van der Waals surface area contributed by atoms with E-state index in [1.54, 1.807) is 11.8 Å². The molecule has 1 aromatic carbocycles. The topological polar surface area (TPSA) is 82.6 Å². The Morgan fingerprint density at radius 3 is 2.41 bits per heavy atom. The lowest BCUT2D eigenvalue weighted by Crippen LogP contribution is -2.36. The van der Waals surface area contributed by atoms with E-state index in [2.05, 4.69) is 15.7 Å². The molecule has 6 nitrogen and oxygen atoms in total. The maximum atomic E-state index is 13.5. The fourth-order valence-corrected chi connectivity index (χ4v) is 4.78. The number of thioether (sulfide) groups is 1. The molecule has 0 bridgehead atoms. The van der Waals surface area contributed by atoms with Gasteiger partial charge in [0.1, 0.15) is 0 Å². The lowest BCUT2D eigenvalue weighted by atomic mass is 10.0. The molecule has 0 saturated carbocycles. The molecule has 1 aromatic rings. The Hall–Kier alpha value is -2.37. The summed E-state index contributed by atoms with van der Waals surface area (Å²) in [7, 11) is 0. The maximum Gasteiger partial charge on any atom is 0.315 e. The number of benzene rings is 1. The van der Waals surface area contributed by atoms with Crippen molar-refractivity contribution in [3.8, 4) is 0 Å². The zero-order valence-corrected chi connectivity index (χ0v) is 15.7. The van der Waals surface area contributed by atoms with Gasteiger partial charge in [0, 0.05) is 17.4 Å². The Morgan fingerprint density at radius 1 is 1.07 bits per heavy atom. The van der Waals surface area contributed by atoms with Gasteiger partial charge in [-0.3, -0.25) is 4.79 Å². The smallest absolute Gasteiger partial charge is 0.315 e. The lowest BCUT2D eigenvalue weighted by molar-refractivity contribution is -0.121. The van der Waals surface area contributed by atoms with Crippen molar-refractivity contribution in [3.05, 3.63) is 34.6 Å². The van der Waals surface area contributed by atoms with Crippen LogP contribution in [-0.2, 0) is 4.79 Å². The van der Waals surface area contributed by atoms with Crippen molar-refractivity contribution in [1.29, 1.82) is 0 Å². The van der Waals surface area contributed by atoms with Crippen molar-refractivity contribution in [1.82, 2.24) is 16.1 Å². The van der Waals surface area contributed by atoms with Gasteiger partial charge in [-0.25, -0.2) is 32.2 Å². The van der Waals surface area contributed by atoms with Gasteiger partial charge in [0.2, 0.25) is 11.7 Å². The molecule has 2 aliphatic heterocycles. The summed E-state index contributed by atoms with van der Waals surface area (Å²) in [6, 6.07) is 0.0283. The lowest BCUT2D eigenvalue weighted by Gasteiger charge is -2.16. The van der Waals surface area contributed by atoms with Gasteiger partial charge in [0.15, 0.2) is 23.3 Å².